The maximum Gasteiger partial charge on any atom is 0.260 e. The first-order chi connectivity index (χ1) is 12.6. The molecule has 0 aliphatic rings. The first-order valence-corrected chi connectivity index (χ1v) is 8.67. The maximum absolute atomic E-state index is 12.2. The molecule has 0 saturated carbocycles. The van der Waals surface area contributed by atoms with Crippen LogP contribution in [-0.2, 0) is 11.2 Å². The molecule has 0 atom stereocenters. The van der Waals surface area contributed by atoms with Crippen molar-refractivity contribution in [2.24, 2.45) is 0 Å². The molecule has 2 N–H and O–H groups in total. The van der Waals surface area contributed by atoms with Gasteiger partial charge in [0.05, 0.1) is 36.7 Å². The van der Waals surface area contributed by atoms with Gasteiger partial charge in [-0.15, -0.1) is 11.3 Å². The Morgan fingerprint density at radius 3 is 2.77 bits per heavy atom. The number of methoxy groups -OCH3 is 1. The Kier molecular flexibility index (Phi) is 5.33. The molecule has 1 aromatic carbocycles. The number of ether oxygens (including phenoxy) is 1. The molecule has 26 heavy (non-hydrogen) atoms. The van der Waals surface area contributed by atoms with Crippen molar-refractivity contribution in [3.63, 3.8) is 0 Å². The largest absolute Gasteiger partial charge is 0.495 e. The first-order valence-electron chi connectivity index (χ1n) is 7.79. The molecule has 0 aliphatic heterocycles. The Hall–Kier alpha value is -3.13. The lowest BCUT2D eigenvalue weighted by molar-refractivity contribution is -0.115. The first kappa shape index (κ1) is 17.7. The van der Waals surface area contributed by atoms with Crippen LogP contribution in [0.25, 0.3) is 0 Å². The maximum atomic E-state index is 12.2. The van der Waals surface area contributed by atoms with E-state index in [1.54, 1.807) is 37.6 Å². The number of benzene rings is 1. The van der Waals surface area contributed by atoms with Gasteiger partial charge in [-0.3, -0.25) is 14.9 Å². The van der Waals surface area contributed by atoms with Gasteiger partial charge in [0.1, 0.15) is 11.5 Å². The van der Waals surface area contributed by atoms with Crippen LogP contribution in [0.5, 0.6) is 5.75 Å². The van der Waals surface area contributed by atoms with Gasteiger partial charge in [-0.05, 0) is 25.1 Å². The molecule has 134 valence electrons. The molecule has 7 nitrogen and oxygen atoms in total. The average molecular weight is 371 g/mol. The third-order valence-corrected chi connectivity index (χ3v) is 4.40. The van der Waals surface area contributed by atoms with Crippen molar-refractivity contribution < 1.29 is 18.7 Å². The quantitative estimate of drug-likeness (QED) is 0.692. The number of rotatable bonds is 6. The molecule has 2 heterocycles. The van der Waals surface area contributed by atoms with Crippen LogP contribution in [0.15, 0.2) is 46.4 Å². The fourth-order valence-electron chi connectivity index (χ4n) is 2.34. The second-order valence-corrected chi connectivity index (χ2v) is 6.27. The predicted octanol–water partition coefficient (Wildman–Crippen LogP) is 3.49. The Morgan fingerprint density at radius 1 is 1.23 bits per heavy atom. The van der Waals surface area contributed by atoms with Crippen molar-refractivity contribution in [1.82, 2.24) is 4.98 Å². The summed E-state index contributed by atoms with van der Waals surface area (Å²) >= 11 is 1.26. The summed E-state index contributed by atoms with van der Waals surface area (Å²) in [4.78, 5) is 28.6. The summed E-state index contributed by atoms with van der Waals surface area (Å²) < 4.78 is 10.3. The van der Waals surface area contributed by atoms with Crippen molar-refractivity contribution in [2.45, 2.75) is 13.3 Å². The van der Waals surface area contributed by atoms with Gasteiger partial charge in [0.25, 0.3) is 5.91 Å². The fraction of sp³-hybridized carbons (Fsp3) is 0.167. The molecule has 3 aromatic rings. The van der Waals surface area contributed by atoms with Crippen molar-refractivity contribution in [1.29, 1.82) is 0 Å². The number of carbonyl (C=O) groups excluding carboxylic acids is 2. The third-order valence-electron chi connectivity index (χ3n) is 3.60. The van der Waals surface area contributed by atoms with E-state index in [4.69, 9.17) is 9.15 Å². The number of furan rings is 1. The van der Waals surface area contributed by atoms with Crippen LogP contribution < -0.4 is 15.4 Å². The number of amides is 2. The molecular weight excluding hydrogens is 354 g/mol. The van der Waals surface area contributed by atoms with E-state index in [-0.39, 0.29) is 18.2 Å². The van der Waals surface area contributed by atoms with Gasteiger partial charge in [-0.25, -0.2) is 4.98 Å². The van der Waals surface area contributed by atoms with Crippen LogP contribution in [0.1, 0.15) is 21.8 Å². The molecule has 8 heteroatoms. The number of nitrogens with zero attached hydrogens (tertiary/aromatic N) is 1. The number of hydrogen-bond donors (Lipinski definition) is 2. The van der Waals surface area contributed by atoms with E-state index in [1.807, 2.05) is 12.1 Å². The van der Waals surface area contributed by atoms with Crippen molar-refractivity contribution >= 4 is 34.0 Å². The van der Waals surface area contributed by atoms with Gasteiger partial charge < -0.3 is 14.5 Å². The number of carbonyl (C=O) groups is 2. The van der Waals surface area contributed by atoms with Gasteiger partial charge in [0.15, 0.2) is 5.13 Å². The van der Waals surface area contributed by atoms with E-state index >= 15 is 0 Å². The second kappa shape index (κ2) is 7.83. The standard InChI is InChI=1S/C18H17N3O4S/c1-11-13(7-8-25-11)17(23)21-18-19-12(10-26-18)9-16(22)20-14-5-3-4-6-15(14)24-2/h3-8,10H,9H2,1-2H3,(H,20,22)(H,19,21,23). The molecule has 0 fully saturated rings. The summed E-state index contributed by atoms with van der Waals surface area (Å²) in [6.07, 6.45) is 1.55. The Balaban J connectivity index is 1.60. The highest BCUT2D eigenvalue weighted by atomic mass is 32.1. The second-order valence-electron chi connectivity index (χ2n) is 5.41. The molecule has 3 rings (SSSR count). The topological polar surface area (TPSA) is 93.5 Å². The number of aryl methyl sites for hydroxylation is 1. The van der Waals surface area contributed by atoms with Crippen LogP contribution >= 0.6 is 11.3 Å². The normalized spacial score (nSPS) is 10.4. The van der Waals surface area contributed by atoms with E-state index in [0.29, 0.717) is 33.6 Å². The summed E-state index contributed by atoms with van der Waals surface area (Å²) in [5.74, 6) is 0.608. The molecular formula is C18H17N3O4S. The van der Waals surface area contributed by atoms with Crippen molar-refractivity contribution in [2.75, 3.05) is 17.7 Å². The lowest BCUT2D eigenvalue weighted by Crippen LogP contribution is -2.15. The van der Waals surface area contributed by atoms with E-state index in [0.717, 1.165) is 0 Å². The minimum atomic E-state index is -0.296. The fourth-order valence-corrected chi connectivity index (χ4v) is 3.04. The van der Waals surface area contributed by atoms with E-state index in [1.165, 1.54) is 17.6 Å². The predicted molar refractivity (Wildman–Crippen MR) is 98.8 cm³/mol. The highest BCUT2D eigenvalue weighted by Gasteiger charge is 2.15. The van der Waals surface area contributed by atoms with Gasteiger partial charge in [0.2, 0.25) is 5.91 Å². The summed E-state index contributed by atoms with van der Waals surface area (Å²) in [6.45, 7) is 1.71. The zero-order valence-corrected chi connectivity index (χ0v) is 15.1. The van der Waals surface area contributed by atoms with Crippen molar-refractivity contribution in [3.05, 3.63) is 59.0 Å². The summed E-state index contributed by atoms with van der Waals surface area (Å²) in [6, 6.07) is 8.76. The minimum Gasteiger partial charge on any atom is -0.495 e. The third kappa shape index (κ3) is 4.09. The van der Waals surface area contributed by atoms with Gasteiger partial charge in [-0.1, -0.05) is 12.1 Å². The van der Waals surface area contributed by atoms with E-state index in [2.05, 4.69) is 15.6 Å². The highest BCUT2D eigenvalue weighted by molar-refractivity contribution is 7.14. The minimum absolute atomic E-state index is 0.0924. The van der Waals surface area contributed by atoms with Crippen LogP contribution in [-0.4, -0.2) is 23.9 Å². The number of nitrogens with one attached hydrogen (secondary N) is 2. The smallest absolute Gasteiger partial charge is 0.260 e. The number of thiazole rings is 1. The number of para-hydroxylation sites is 2. The molecule has 2 aromatic heterocycles. The van der Waals surface area contributed by atoms with Crippen LogP contribution in [0.4, 0.5) is 10.8 Å². The Morgan fingerprint density at radius 2 is 2.04 bits per heavy atom. The molecule has 0 unspecified atom stereocenters. The Bertz CT molecular complexity index is 932. The molecule has 0 saturated heterocycles. The van der Waals surface area contributed by atoms with Crippen LogP contribution in [0.2, 0.25) is 0 Å². The van der Waals surface area contributed by atoms with Gasteiger partial charge in [-0.2, -0.15) is 0 Å². The summed E-state index contributed by atoms with van der Waals surface area (Å²) in [7, 11) is 1.54. The summed E-state index contributed by atoms with van der Waals surface area (Å²) in [5, 5.41) is 7.66. The zero-order chi connectivity index (χ0) is 18.5. The zero-order valence-electron chi connectivity index (χ0n) is 14.2. The lowest BCUT2D eigenvalue weighted by Gasteiger charge is -2.08. The molecule has 0 bridgehead atoms. The lowest BCUT2D eigenvalue weighted by atomic mass is 10.2. The van der Waals surface area contributed by atoms with Crippen LogP contribution in [0, 0.1) is 6.92 Å². The van der Waals surface area contributed by atoms with Gasteiger partial charge >= 0.3 is 0 Å². The van der Waals surface area contributed by atoms with Gasteiger partial charge in [0, 0.05) is 5.38 Å². The molecule has 0 radical (unpaired) electrons. The molecule has 2 amide bonds. The number of aromatic nitrogens is 1. The van der Waals surface area contributed by atoms with E-state index in [9.17, 15) is 9.59 Å². The average Bonchev–Trinajstić information content (AvgIpc) is 3.24. The SMILES string of the molecule is COc1ccccc1NC(=O)Cc1csc(NC(=O)c2ccoc2C)n1. The number of hydrogen-bond acceptors (Lipinski definition) is 6. The van der Waals surface area contributed by atoms with Crippen LogP contribution in [0.3, 0.4) is 0 Å². The van der Waals surface area contributed by atoms with E-state index < -0.39 is 0 Å². The molecule has 0 spiro atoms. The highest BCUT2D eigenvalue weighted by Crippen LogP contribution is 2.23. The molecule has 0 aliphatic carbocycles. The number of anilines is 2. The summed E-state index contributed by atoms with van der Waals surface area (Å²) in [5.41, 5.74) is 1.62. The Labute approximate surface area is 154 Å². The van der Waals surface area contributed by atoms with Crippen molar-refractivity contribution in [3.8, 4) is 5.75 Å². The monoisotopic (exact) mass is 371 g/mol.